The predicted molar refractivity (Wildman–Crippen MR) is 95.1 cm³/mol. The van der Waals surface area contributed by atoms with Gasteiger partial charge in [-0.2, -0.15) is 0 Å². The molecule has 0 saturated carbocycles. The van der Waals surface area contributed by atoms with E-state index in [4.69, 9.17) is 21.1 Å². The Morgan fingerprint density at radius 1 is 1.42 bits per heavy atom. The average molecular weight is 349 g/mol. The normalized spacial score (nSPS) is 23.7. The number of benzene rings is 1. The zero-order valence-corrected chi connectivity index (χ0v) is 14.9. The summed E-state index contributed by atoms with van der Waals surface area (Å²) < 4.78 is 14.6. The Morgan fingerprint density at radius 3 is 3.08 bits per heavy atom. The van der Waals surface area contributed by atoms with Crippen LogP contribution in [0.3, 0.4) is 0 Å². The number of hydrogen-bond acceptors (Lipinski definition) is 3. The first-order chi connectivity index (χ1) is 11.7. The minimum absolute atomic E-state index is 0.188. The Bertz CT molecular complexity index is 632. The van der Waals surface area contributed by atoms with E-state index in [-0.39, 0.29) is 6.10 Å². The lowest BCUT2D eigenvalue weighted by molar-refractivity contribution is -0.182. The zero-order chi connectivity index (χ0) is 16.8. The van der Waals surface area contributed by atoms with Crippen LogP contribution in [0.15, 0.2) is 43.0 Å². The number of aryl methyl sites for hydroxylation is 1. The molecule has 0 aliphatic carbocycles. The lowest BCUT2D eigenvalue weighted by atomic mass is 10.0. The van der Waals surface area contributed by atoms with Gasteiger partial charge < -0.3 is 14.0 Å². The van der Waals surface area contributed by atoms with Gasteiger partial charge in [-0.25, -0.2) is 4.98 Å². The Labute approximate surface area is 148 Å². The molecule has 5 heteroatoms. The fraction of sp³-hybridized carbons (Fsp3) is 0.526. The molecule has 24 heavy (non-hydrogen) atoms. The highest BCUT2D eigenvalue weighted by molar-refractivity contribution is 6.30. The van der Waals surface area contributed by atoms with Gasteiger partial charge in [0.2, 0.25) is 0 Å². The van der Waals surface area contributed by atoms with Gasteiger partial charge in [0.05, 0.1) is 25.6 Å². The molecular formula is C19H25ClN2O2. The molecule has 1 aliphatic rings. The second-order valence-corrected chi connectivity index (χ2v) is 6.91. The van der Waals surface area contributed by atoms with Crippen molar-refractivity contribution in [2.45, 2.75) is 57.5 Å². The summed E-state index contributed by atoms with van der Waals surface area (Å²) in [4.78, 5) is 4.13. The summed E-state index contributed by atoms with van der Waals surface area (Å²) in [5.74, 6) is -0.582. The molecule has 2 aromatic rings. The summed E-state index contributed by atoms with van der Waals surface area (Å²) in [6, 6.07) is 7.99. The molecule has 2 heterocycles. The molecule has 0 N–H and O–H groups in total. The minimum atomic E-state index is -0.582. The molecule has 1 aromatic carbocycles. The topological polar surface area (TPSA) is 36.3 Å². The van der Waals surface area contributed by atoms with Crippen molar-refractivity contribution in [2.24, 2.45) is 0 Å². The van der Waals surface area contributed by atoms with Crippen LogP contribution in [0.25, 0.3) is 0 Å². The lowest BCUT2D eigenvalue weighted by Crippen LogP contribution is -2.36. The minimum Gasteiger partial charge on any atom is -0.345 e. The van der Waals surface area contributed by atoms with E-state index in [0.29, 0.717) is 13.2 Å². The SMILES string of the molecule is CCCCC1COC(CCc2cccc(Cl)c2)(Cn2ccnc2)O1. The molecule has 130 valence electrons. The molecule has 0 bridgehead atoms. The summed E-state index contributed by atoms with van der Waals surface area (Å²) in [6.07, 6.45) is 10.8. The first kappa shape index (κ1) is 17.5. The van der Waals surface area contributed by atoms with Gasteiger partial charge in [-0.05, 0) is 30.5 Å². The second kappa shape index (κ2) is 8.15. The van der Waals surface area contributed by atoms with E-state index in [1.807, 2.05) is 35.3 Å². The van der Waals surface area contributed by atoms with E-state index >= 15 is 0 Å². The maximum atomic E-state index is 6.37. The van der Waals surface area contributed by atoms with Gasteiger partial charge in [0.25, 0.3) is 0 Å². The van der Waals surface area contributed by atoms with Crippen molar-refractivity contribution in [2.75, 3.05) is 6.61 Å². The fourth-order valence-electron chi connectivity index (χ4n) is 3.17. The summed E-state index contributed by atoms with van der Waals surface area (Å²) in [5.41, 5.74) is 1.21. The van der Waals surface area contributed by atoms with Crippen molar-refractivity contribution in [3.05, 3.63) is 53.6 Å². The van der Waals surface area contributed by atoms with Gasteiger partial charge in [-0.1, -0.05) is 43.5 Å². The number of nitrogens with zero attached hydrogens (tertiary/aromatic N) is 2. The molecule has 2 unspecified atom stereocenters. The summed E-state index contributed by atoms with van der Waals surface area (Å²) >= 11 is 6.10. The molecule has 1 saturated heterocycles. The van der Waals surface area contributed by atoms with Crippen molar-refractivity contribution in [3.63, 3.8) is 0 Å². The first-order valence-corrected chi connectivity index (χ1v) is 9.09. The monoisotopic (exact) mass is 348 g/mol. The molecular weight excluding hydrogens is 324 g/mol. The van der Waals surface area contributed by atoms with Crippen molar-refractivity contribution < 1.29 is 9.47 Å². The molecule has 0 amide bonds. The number of unbranched alkanes of at least 4 members (excludes halogenated alkanes) is 1. The van der Waals surface area contributed by atoms with Crippen molar-refractivity contribution in [1.29, 1.82) is 0 Å². The highest BCUT2D eigenvalue weighted by Gasteiger charge is 2.41. The van der Waals surface area contributed by atoms with Crippen LogP contribution in [0.4, 0.5) is 0 Å². The Kier molecular flexibility index (Phi) is 5.93. The van der Waals surface area contributed by atoms with Crippen LogP contribution >= 0.6 is 11.6 Å². The third-order valence-electron chi connectivity index (χ3n) is 4.46. The molecule has 0 radical (unpaired) electrons. The van der Waals surface area contributed by atoms with Crippen LogP contribution in [0.5, 0.6) is 0 Å². The largest absolute Gasteiger partial charge is 0.345 e. The Balaban J connectivity index is 1.68. The molecule has 1 aliphatic heterocycles. The first-order valence-electron chi connectivity index (χ1n) is 8.71. The van der Waals surface area contributed by atoms with Crippen molar-refractivity contribution >= 4 is 11.6 Å². The summed E-state index contributed by atoms with van der Waals surface area (Å²) in [6.45, 7) is 3.54. The fourth-order valence-corrected chi connectivity index (χ4v) is 3.38. The van der Waals surface area contributed by atoms with Crippen LogP contribution in [-0.2, 0) is 22.4 Å². The van der Waals surface area contributed by atoms with Crippen molar-refractivity contribution in [3.8, 4) is 0 Å². The molecule has 2 atom stereocenters. The van der Waals surface area contributed by atoms with Crippen LogP contribution in [-0.4, -0.2) is 28.0 Å². The molecule has 0 spiro atoms. The zero-order valence-electron chi connectivity index (χ0n) is 14.2. The Morgan fingerprint density at radius 2 is 2.33 bits per heavy atom. The van der Waals surface area contributed by atoms with Crippen molar-refractivity contribution in [1.82, 2.24) is 9.55 Å². The third kappa shape index (κ3) is 4.59. The number of hydrogen-bond donors (Lipinski definition) is 0. The molecule has 1 fully saturated rings. The number of aromatic nitrogens is 2. The van der Waals surface area contributed by atoms with E-state index in [1.165, 1.54) is 18.4 Å². The van der Waals surface area contributed by atoms with E-state index in [1.54, 1.807) is 6.20 Å². The number of ether oxygens (including phenoxy) is 2. The quantitative estimate of drug-likeness (QED) is 0.706. The third-order valence-corrected chi connectivity index (χ3v) is 4.69. The lowest BCUT2D eigenvalue weighted by Gasteiger charge is -2.28. The van der Waals surface area contributed by atoms with E-state index in [0.717, 1.165) is 24.3 Å². The van der Waals surface area contributed by atoms with Gasteiger partial charge in [-0.3, -0.25) is 0 Å². The average Bonchev–Trinajstić information content (AvgIpc) is 3.22. The van der Waals surface area contributed by atoms with Gasteiger partial charge >= 0.3 is 0 Å². The van der Waals surface area contributed by atoms with Crippen LogP contribution < -0.4 is 0 Å². The van der Waals surface area contributed by atoms with Gasteiger partial charge in [0.1, 0.15) is 0 Å². The van der Waals surface area contributed by atoms with E-state index in [2.05, 4.69) is 18.0 Å². The highest BCUT2D eigenvalue weighted by Crippen LogP contribution is 2.32. The summed E-state index contributed by atoms with van der Waals surface area (Å²) in [5, 5.41) is 0.769. The molecule has 4 nitrogen and oxygen atoms in total. The highest BCUT2D eigenvalue weighted by atomic mass is 35.5. The Hall–Kier alpha value is -1.36. The smallest absolute Gasteiger partial charge is 0.187 e. The van der Waals surface area contributed by atoms with Gasteiger partial charge in [0.15, 0.2) is 5.79 Å². The van der Waals surface area contributed by atoms with Gasteiger partial charge in [-0.15, -0.1) is 0 Å². The molecule has 3 rings (SSSR count). The number of rotatable bonds is 8. The van der Waals surface area contributed by atoms with Gasteiger partial charge in [0, 0.05) is 23.8 Å². The summed E-state index contributed by atoms with van der Waals surface area (Å²) in [7, 11) is 0. The predicted octanol–water partition coefficient (Wildman–Crippen LogP) is 4.47. The van der Waals surface area contributed by atoms with Crippen LogP contribution in [0, 0.1) is 0 Å². The van der Waals surface area contributed by atoms with E-state index < -0.39 is 5.79 Å². The maximum absolute atomic E-state index is 6.37. The number of halogens is 1. The van der Waals surface area contributed by atoms with Crippen LogP contribution in [0.1, 0.15) is 38.2 Å². The second-order valence-electron chi connectivity index (χ2n) is 6.47. The standard InChI is InChI=1S/C19H25ClN2O2/c1-2-3-7-18-13-23-19(24-18,14-22-11-10-21-15-22)9-8-16-5-4-6-17(20)12-16/h4-6,10-12,15,18H,2-3,7-9,13-14H2,1H3. The van der Waals surface area contributed by atoms with Crippen LogP contribution in [0.2, 0.25) is 5.02 Å². The number of imidazole rings is 1. The maximum Gasteiger partial charge on any atom is 0.187 e. The molecule has 1 aromatic heterocycles. The van der Waals surface area contributed by atoms with E-state index in [9.17, 15) is 0 Å².